The molecule has 1 amide bonds. The molecule has 1 aliphatic rings. The number of carbonyl (C=O) groups excluding carboxylic acids is 1. The number of piperidine rings is 1. The average Bonchev–Trinajstić information content (AvgIpc) is 2.65. The fraction of sp³-hybridized carbons (Fsp3) is 0.545. The van der Waals surface area contributed by atoms with Gasteiger partial charge in [-0.2, -0.15) is 0 Å². The first kappa shape index (κ1) is 10.6. The Morgan fingerprint density at radius 1 is 1.47 bits per heavy atom. The van der Waals surface area contributed by atoms with Gasteiger partial charge in [0.05, 0.1) is 4.88 Å². The predicted molar refractivity (Wildman–Crippen MR) is 62.2 cm³/mol. The van der Waals surface area contributed by atoms with E-state index >= 15 is 0 Å². The van der Waals surface area contributed by atoms with Crippen molar-refractivity contribution in [1.29, 1.82) is 0 Å². The van der Waals surface area contributed by atoms with Crippen LogP contribution >= 0.6 is 11.3 Å². The number of likely N-dealkylation sites (tertiary alicyclic amines) is 1. The van der Waals surface area contributed by atoms with E-state index < -0.39 is 0 Å². The first-order chi connectivity index (χ1) is 7.16. The van der Waals surface area contributed by atoms with E-state index in [1.165, 1.54) is 4.88 Å². The third kappa shape index (κ3) is 2.38. The van der Waals surface area contributed by atoms with Gasteiger partial charge in [-0.25, -0.2) is 0 Å². The van der Waals surface area contributed by atoms with E-state index in [4.69, 9.17) is 5.73 Å². The maximum absolute atomic E-state index is 12.0. The number of nitrogens with two attached hydrogens (primary N) is 1. The van der Waals surface area contributed by atoms with Crippen LogP contribution in [0.25, 0.3) is 0 Å². The molecule has 2 heterocycles. The molecule has 0 radical (unpaired) electrons. The number of hydrogen-bond acceptors (Lipinski definition) is 3. The average molecular weight is 224 g/mol. The molecule has 0 unspecified atom stereocenters. The van der Waals surface area contributed by atoms with Crippen molar-refractivity contribution in [3.05, 3.63) is 21.9 Å². The molecule has 82 valence electrons. The number of nitrogens with zero attached hydrogens (tertiary/aromatic N) is 1. The Hall–Kier alpha value is -0.870. The summed E-state index contributed by atoms with van der Waals surface area (Å²) in [4.78, 5) is 16.0. The van der Waals surface area contributed by atoms with E-state index in [9.17, 15) is 4.79 Å². The Balaban J connectivity index is 2.02. The first-order valence-electron chi connectivity index (χ1n) is 5.28. The van der Waals surface area contributed by atoms with Gasteiger partial charge in [-0.15, -0.1) is 11.3 Å². The lowest BCUT2D eigenvalue weighted by Crippen LogP contribution is -2.42. The molecule has 0 bridgehead atoms. The van der Waals surface area contributed by atoms with E-state index in [2.05, 4.69) is 0 Å². The van der Waals surface area contributed by atoms with Crippen molar-refractivity contribution >= 4 is 17.2 Å². The second-order valence-corrected chi connectivity index (χ2v) is 5.33. The van der Waals surface area contributed by atoms with Gasteiger partial charge in [-0.3, -0.25) is 4.79 Å². The number of carbonyl (C=O) groups is 1. The zero-order valence-corrected chi connectivity index (χ0v) is 9.72. The lowest BCUT2D eigenvalue weighted by atomic mass is 10.1. The molecule has 0 aromatic carbocycles. The lowest BCUT2D eigenvalue weighted by molar-refractivity contribution is 0.0719. The molecule has 1 fully saturated rings. The summed E-state index contributed by atoms with van der Waals surface area (Å²) in [6.07, 6.45) is 1.85. The normalized spacial score (nSPS) is 18.1. The zero-order chi connectivity index (χ0) is 10.8. The minimum absolute atomic E-state index is 0.167. The Bertz CT molecular complexity index is 353. The largest absolute Gasteiger partial charge is 0.338 e. The predicted octanol–water partition coefficient (Wildman–Crippen LogP) is 1.62. The van der Waals surface area contributed by atoms with Crippen molar-refractivity contribution in [2.75, 3.05) is 13.1 Å². The van der Waals surface area contributed by atoms with Crippen LogP contribution in [0.5, 0.6) is 0 Å². The lowest BCUT2D eigenvalue weighted by Gasteiger charge is -2.29. The molecular weight excluding hydrogens is 208 g/mol. The third-order valence-electron chi connectivity index (χ3n) is 2.78. The second-order valence-electron chi connectivity index (χ2n) is 4.04. The summed E-state index contributed by atoms with van der Waals surface area (Å²) < 4.78 is 0. The van der Waals surface area contributed by atoms with Crippen molar-refractivity contribution < 1.29 is 4.79 Å². The molecule has 0 spiro atoms. The SMILES string of the molecule is Cc1ccc(C(=O)N2CCC(N)CC2)s1. The summed E-state index contributed by atoms with van der Waals surface area (Å²) in [7, 11) is 0. The molecule has 0 saturated carbocycles. The quantitative estimate of drug-likeness (QED) is 0.788. The molecule has 1 aliphatic heterocycles. The van der Waals surface area contributed by atoms with Crippen molar-refractivity contribution in [1.82, 2.24) is 4.90 Å². The highest BCUT2D eigenvalue weighted by molar-refractivity contribution is 7.13. The fourth-order valence-corrected chi connectivity index (χ4v) is 2.64. The summed E-state index contributed by atoms with van der Waals surface area (Å²) in [5.41, 5.74) is 5.80. The van der Waals surface area contributed by atoms with E-state index in [1.807, 2.05) is 24.0 Å². The summed E-state index contributed by atoms with van der Waals surface area (Å²) in [6, 6.07) is 4.18. The molecule has 1 saturated heterocycles. The molecule has 4 heteroatoms. The van der Waals surface area contributed by atoms with Gasteiger partial charge in [-0.1, -0.05) is 0 Å². The van der Waals surface area contributed by atoms with Gasteiger partial charge >= 0.3 is 0 Å². The summed E-state index contributed by atoms with van der Waals surface area (Å²) >= 11 is 1.57. The van der Waals surface area contributed by atoms with Crippen molar-refractivity contribution in [3.63, 3.8) is 0 Å². The molecule has 3 nitrogen and oxygen atoms in total. The Morgan fingerprint density at radius 2 is 2.13 bits per heavy atom. The zero-order valence-electron chi connectivity index (χ0n) is 8.90. The molecule has 15 heavy (non-hydrogen) atoms. The molecule has 2 N–H and O–H groups in total. The Kier molecular flexibility index (Phi) is 3.07. The van der Waals surface area contributed by atoms with Gasteiger partial charge in [0.1, 0.15) is 0 Å². The van der Waals surface area contributed by atoms with Gasteiger partial charge in [0.15, 0.2) is 0 Å². The van der Waals surface area contributed by atoms with Crippen LogP contribution in [0.2, 0.25) is 0 Å². The number of hydrogen-bond donors (Lipinski definition) is 1. The van der Waals surface area contributed by atoms with Crippen LogP contribution in [-0.4, -0.2) is 29.9 Å². The molecule has 1 aromatic rings. The maximum Gasteiger partial charge on any atom is 0.263 e. The highest BCUT2D eigenvalue weighted by atomic mass is 32.1. The molecule has 0 aliphatic carbocycles. The molecular formula is C11H16N2OS. The van der Waals surface area contributed by atoms with Crippen LogP contribution in [0.3, 0.4) is 0 Å². The summed E-state index contributed by atoms with van der Waals surface area (Å²) in [5, 5.41) is 0. The summed E-state index contributed by atoms with van der Waals surface area (Å²) in [6.45, 7) is 3.63. The van der Waals surface area contributed by atoms with Crippen LogP contribution in [0.15, 0.2) is 12.1 Å². The summed E-state index contributed by atoms with van der Waals surface area (Å²) in [5.74, 6) is 0.167. The van der Waals surface area contributed by atoms with Crippen molar-refractivity contribution in [2.45, 2.75) is 25.8 Å². The van der Waals surface area contributed by atoms with Crippen LogP contribution in [-0.2, 0) is 0 Å². The minimum atomic E-state index is 0.167. The third-order valence-corrected chi connectivity index (χ3v) is 3.77. The standard InChI is InChI=1S/C11H16N2OS/c1-8-2-3-10(15-8)11(14)13-6-4-9(12)5-7-13/h2-3,9H,4-7,12H2,1H3. The van der Waals surface area contributed by atoms with Gasteiger partial charge in [0, 0.05) is 24.0 Å². The van der Waals surface area contributed by atoms with E-state index in [0.29, 0.717) is 0 Å². The van der Waals surface area contributed by atoms with Crippen LogP contribution in [0.4, 0.5) is 0 Å². The van der Waals surface area contributed by atoms with Crippen LogP contribution in [0, 0.1) is 6.92 Å². The van der Waals surface area contributed by atoms with Gasteiger partial charge < -0.3 is 10.6 Å². The number of amides is 1. The number of aryl methyl sites for hydroxylation is 1. The second kappa shape index (κ2) is 4.33. The van der Waals surface area contributed by atoms with Gasteiger partial charge in [0.2, 0.25) is 0 Å². The monoisotopic (exact) mass is 224 g/mol. The number of rotatable bonds is 1. The smallest absolute Gasteiger partial charge is 0.263 e. The van der Waals surface area contributed by atoms with E-state index in [1.54, 1.807) is 11.3 Å². The van der Waals surface area contributed by atoms with Crippen LogP contribution in [0.1, 0.15) is 27.4 Å². The maximum atomic E-state index is 12.0. The van der Waals surface area contributed by atoms with E-state index in [-0.39, 0.29) is 11.9 Å². The molecule has 2 rings (SSSR count). The fourth-order valence-electron chi connectivity index (χ4n) is 1.81. The first-order valence-corrected chi connectivity index (χ1v) is 6.10. The molecule has 1 aromatic heterocycles. The Morgan fingerprint density at radius 3 is 2.67 bits per heavy atom. The highest BCUT2D eigenvalue weighted by Gasteiger charge is 2.22. The van der Waals surface area contributed by atoms with Crippen LogP contribution < -0.4 is 5.73 Å². The van der Waals surface area contributed by atoms with Gasteiger partial charge in [0.25, 0.3) is 5.91 Å². The van der Waals surface area contributed by atoms with Crippen molar-refractivity contribution in [3.8, 4) is 0 Å². The Labute approximate surface area is 93.9 Å². The van der Waals surface area contributed by atoms with E-state index in [0.717, 1.165) is 30.8 Å². The van der Waals surface area contributed by atoms with Gasteiger partial charge in [-0.05, 0) is 31.9 Å². The van der Waals surface area contributed by atoms with Crippen molar-refractivity contribution in [2.24, 2.45) is 5.73 Å². The molecule has 0 atom stereocenters. The minimum Gasteiger partial charge on any atom is -0.338 e. The highest BCUT2D eigenvalue weighted by Crippen LogP contribution is 2.19. The number of thiophene rings is 1. The topological polar surface area (TPSA) is 46.3 Å².